The van der Waals surface area contributed by atoms with Gasteiger partial charge in [-0.2, -0.15) is 0 Å². The van der Waals surface area contributed by atoms with E-state index in [9.17, 15) is 0 Å². The molecule has 2 rings (SSSR count). The maximum atomic E-state index is 3.74. The maximum Gasteiger partial charge on any atom is 0.0107 e. The van der Waals surface area contributed by atoms with Crippen molar-refractivity contribution >= 4 is 0 Å². The quantitative estimate of drug-likeness (QED) is 0.777. The number of hydrogen-bond donors (Lipinski definition) is 2. The van der Waals surface area contributed by atoms with Crippen LogP contribution >= 0.6 is 0 Å². The first-order valence-electron chi connectivity index (χ1n) is 7.32. The van der Waals surface area contributed by atoms with Crippen LogP contribution in [0.25, 0.3) is 0 Å². The van der Waals surface area contributed by atoms with E-state index in [2.05, 4.69) is 29.4 Å². The van der Waals surface area contributed by atoms with E-state index >= 15 is 0 Å². The third kappa shape index (κ3) is 4.57. The van der Waals surface area contributed by atoms with E-state index < -0.39 is 0 Å². The molecule has 1 unspecified atom stereocenters. The molecule has 2 N–H and O–H groups in total. The first-order chi connectivity index (χ1) is 8.16. The van der Waals surface area contributed by atoms with Crippen molar-refractivity contribution in [1.82, 2.24) is 15.5 Å². The molecule has 1 atom stereocenters. The third-order valence-electron chi connectivity index (χ3n) is 4.26. The normalized spacial score (nSPS) is 30.4. The molecule has 0 aromatic carbocycles. The van der Waals surface area contributed by atoms with Crippen molar-refractivity contribution in [3.8, 4) is 0 Å². The van der Waals surface area contributed by atoms with Gasteiger partial charge in [0.2, 0.25) is 0 Å². The van der Waals surface area contributed by atoms with E-state index in [1.807, 2.05) is 0 Å². The summed E-state index contributed by atoms with van der Waals surface area (Å²) in [6.45, 7) is 12.0. The van der Waals surface area contributed by atoms with Gasteiger partial charge in [0.15, 0.2) is 0 Å². The Morgan fingerprint density at radius 3 is 2.94 bits per heavy atom. The van der Waals surface area contributed by atoms with Crippen molar-refractivity contribution in [3.05, 3.63) is 0 Å². The van der Waals surface area contributed by atoms with Gasteiger partial charge in [0.25, 0.3) is 0 Å². The van der Waals surface area contributed by atoms with E-state index in [1.54, 1.807) is 0 Å². The summed E-state index contributed by atoms with van der Waals surface area (Å²) in [5.74, 6) is 0. The van der Waals surface area contributed by atoms with Crippen LogP contribution in [0.5, 0.6) is 0 Å². The zero-order valence-corrected chi connectivity index (χ0v) is 11.6. The first-order valence-corrected chi connectivity index (χ1v) is 7.32. The minimum atomic E-state index is 0.574. The summed E-state index contributed by atoms with van der Waals surface area (Å²) in [5, 5.41) is 7.20. The highest BCUT2D eigenvalue weighted by Gasteiger charge is 2.30. The lowest BCUT2D eigenvalue weighted by Crippen LogP contribution is -2.38. The molecule has 2 fully saturated rings. The molecule has 3 heteroatoms. The van der Waals surface area contributed by atoms with Crippen LogP contribution in [-0.2, 0) is 0 Å². The Balaban J connectivity index is 1.59. The fourth-order valence-electron chi connectivity index (χ4n) is 3.16. The topological polar surface area (TPSA) is 27.3 Å². The van der Waals surface area contributed by atoms with Crippen LogP contribution < -0.4 is 10.6 Å². The molecule has 0 aromatic heterocycles. The molecule has 0 aromatic rings. The number of nitrogens with zero attached hydrogens (tertiary/aromatic N) is 1. The molecule has 100 valence electrons. The van der Waals surface area contributed by atoms with E-state index in [4.69, 9.17) is 0 Å². The number of nitrogens with one attached hydrogen (secondary N) is 2. The second-order valence-corrected chi connectivity index (χ2v) is 6.50. The van der Waals surface area contributed by atoms with E-state index in [1.165, 1.54) is 58.4 Å². The summed E-state index contributed by atoms with van der Waals surface area (Å²) in [6.07, 6.45) is 5.41. The SMILES string of the molecule is CC1(C)CCC(NCCN2CCCNCC2)C1. The average molecular weight is 239 g/mol. The summed E-state index contributed by atoms with van der Waals surface area (Å²) in [5.41, 5.74) is 0.574. The molecule has 3 nitrogen and oxygen atoms in total. The van der Waals surface area contributed by atoms with E-state index in [0.29, 0.717) is 5.41 Å². The third-order valence-corrected chi connectivity index (χ3v) is 4.26. The highest BCUT2D eigenvalue weighted by Crippen LogP contribution is 2.36. The standard InChI is InChI=1S/C14H29N3/c1-14(2)5-4-13(12-14)16-8-11-17-9-3-6-15-7-10-17/h13,15-16H,3-12H2,1-2H3. The Hall–Kier alpha value is -0.120. The van der Waals surface area contributed by atoms with Crippen LogP contribution in [0.1, 0.15) is 39.5 Å². The smallest absolute Gasteiger partial charge is 0.0107 e. The molecule has 1 aliphatic heterocycles. The molecule has 1 saturated heterocycles. The first kappa shape index (κ1) is 13.3. The lowest BCUT2D eigenvalue weighted by Gasteiger charge is -2.22. The molecule has 0 radical (unpaired) electrons. The lowest BCUT2D eigenvalue weighted by molar-refractivity contribution is 0.283. The van der Waals surface area contributed by atoms with Crippen LogP contribution in [0.2, 0.25) is 0 Å². The lowest BCUT2D eigenvalue weighted by atomic mass is 9.92. The van der Waals surface area contributed by atoms with Crippen molar-refractivity contribution in [2.75, 3.05) is 39.3 Å². The molecule has 1 aliphatic carbocycles. The predicted octanol–water partition coefficient (Wildman–Crippen LogP) is 1.45. The Morgan fingerprint density at radius 2 is 2.18 bits per heavy atom. The molecule has 2 aliphatic rings. The van der Waals surface area contributed by atoms with E-state index in [-0.39, 0.29) is 0 Å². The van der Waals surface area contributed by atoms with Gasteiger partial charge in [0.05, 0.1) is 0 Å². The second kappa shape index (κ2) is 6.17. The summed E-state index contributed by atoms with van der Waals surface area (Å²) in [6, 6.07) is 0.773. The highest BCUT2D eigenvalue weighted by molar-refractivity contribution is 4.86. The minimum Gasteiger partial charge on any atom is -0.315 e. The van der Waals surface area contributed by atoms with Crippen molar-refractivity contribution in [3.63, 3.8) is 0 Å². The maximum absolute atomic E-state index is 3.74. The largest absolute Gasteiger partial charge is 0.315 e. The van der Waals surface area contributed by atoms with Crippen LogP contribution in [-0.4, -0.2) is 50.2 Å². The average Bonchev–Trinajstić information content (AvgIpc) is 2.52. The van der Waals surface area contributed by atoms with Gasteiger partial charge in [-0.3, -0.25) is 0 Å². The van der Waals surface area contributed by atoms with Crippen LogP contribution in [0, 0.1) is 5.41 Å². The Morgan fingerprint density at radius 1 is 1.29 bits per heavy atom. The molecule has 17 heavy (non-hydrogen) atoms. The number of hydrogen-bond acceptors (Lipinski definition) is 3. The van der Waals surface area contributed by atoms with Gasteiger partial charge in [0.1, 0.15) is 0 Å². The van der Waals surface area contributed by atoms with Gasteiger partial charge in [-0.05, 0) is 44.2 Å². The van der Waals surface area contributed by atoms with Crippen LogP contribution in [0.3, 0.4) is 0 Å². The highest BCUT2D eigenvalue weighted by atomic mass is 15.2. The van der Waals surface area contributed by atoms with E-state index in [0.717, 1.165) is 12.6 Å². The van der Waals surface area contributed by atoms with Gasteiger partial charge in [-0.15, -0.1) is 0 Å². The van der Waals surface area contributed by atoms with Crippen molar-refractivity contribution < 1.29 is 0 Å². The molecular weight excluding hydrogens is 210 g/mol. The molecule has 1 saturated carbocycles. The predicted molar refractivity (Wildman–Crippen MR) is 73.3 cm³/mol. The van der Waals surface area contributed by atoms with Gasteiger partial charge >= 0.3 is 0 Å². The Bertz CT molecular complexity index is 215. The van der Waals surface area contributed by atoms with Crippen molar-refractivity contribution in [1.29, 1.82) is 0 Å². The van der Waals surface area contributed by atoms with Gasteiger partial charge in [0, 0.05) is 32.2 Å². The van der Waals surface area contributed by atoms with Gasteiger partial charge in [-0.1, -0.05) is 13.8 Å². The summed E-state index contributed by atoms with van der Waals surface area (Å²) in [4.78, 5) is 2.59. The molecule has 0 bridgehead atoms. The molecule has 1 heterocycles. The van der Waals surface area contributed by atoms with Crippen molar-refractivity contribution in [2.24, 2.45) is 5.41 Å². The Labute approximate surface area is 106 Å². The van der Waals surface area contributed by atoms with Gasteiger partial charge in [-0.25, -0.2) is 0 Å². The zero-order valence-electron chi connectivity index (χ0n) is 11.6. The fraction of sp³-hybridized carbons (Fsp3) is 1.00. The van der Waals surface area contributed by atoms with Gasteiger partial charge < -0.3 is 15.5 Å². The molecule has 0 amide bonds. The van der Waals surface area contributed by atoms with Crippen LogP contribution in [0.4, 0.5) is 0 Å². The van der Waals surface area contributed by atoms with Crippen molar-refractivity contribution in [2.45, 2.75) is 45.6 Å². The summed E-state index contributed by atoms with van der Waals surface area (Å²) >= 11 is 0. The minimum absolute atomic E-state index is 0.574. The molecule has 0 spiro atoms. The Kier molecular flexibility index (Phi) is 4.83. The zero-order chi connectivity index (χ0) is 12.1. The van der Waals surface area contributed by atoms with Crippen LogP contribution in [0.15, 0.2) is 0 Å². The monoisotopic (exact) mass is 239 g/mol. The number of rotatable bonds is 4. The summed E-state index contributed by atoms with van der Waals surface area (Å²) < 4.78 is 0. The summed E-state index contributed by atoms with van der Waals surface area (Å²) in [7, 11) is 0. The fourth-order valence-corrected chi connectivity index (χ4v) is 3.16. The second-order valence-electron chi connectivity index (χ2n) is 6.50. The molecular formula is C14H29N3.